The Balaban J connectivity index is 1.30. The maximum atomic E-state index is 2.71. The molecule has 0 fully saturated rings. The van der Waals surface area contributed by atoms with Crippen molar-refractivity contribution in [3.05, 3.63) is 190 Å². The van der Waals surface area contributed by atoms with E-state index in [1.54, 1.807) is 0 Å². The van der Waals surface area contributed by atoms with Crippen LogP contribution in [0, 0.1) is 13.8 Å². The maximum Gasteiger partial charge on any atom is 0.247 e. The first-order chi connectivity index (χ1) is 30.3. The van der Waals surface area contributed by atoms with Crippen LogP contribution in [0.2, 0.25) is 0 Å². The summed E-state index contributed by atoms with van der Waals surface area (Å²) < 4.78 is 0. The summed E-state index contributed by atoms with van der Waals surface area (Å²) in [6.07, 6.45) is 3.29. The molecular formula is C62H66BN. The Bertz CT molecular complexity index is 2950. The lowest BCUT2D eigenvalue weighted by atomic mass is 9.30. The van der Waals surface area contributed by atoms with E-state index < -0.39 is 0 Å². The number of fused-ring (bicyclic) bond motifs is 5. The fourth-order valence-electron chi connectivity index (χ4n) is 11.5. The van der Waals surface area contributed by atoms with Gasteiger partial charge in [-0.3, -0.25) is 0 Å². The van der Waals surface area contributed by atoms with Gasteiger partial charge in [0.05, 0.1) is 5.69 Å². The van der Waals surface area contributed by atoms with Crippen molar-refractivity contribution < 1.29 is 0 Å². The Labute approximate surface area is 385 Å². The van der Waals surface area contributed by atoms with Crippen LogP contribution in [-0.4, -0.2) is 6.71 Å². The summed E-state index contributed by atoms with van der Waals surface area (Å²) in [5.41, 5.74) is 26.3. The van der Waals surface area contributed by atoms with Gasteiger partial charge in [-0.1, -0.05) is 190 Å². The predicted molar refractivity (Wildman–Crippen MR) is 277 cm³/mol. The zero-order chi connectivity index (χ0) is 45.1. The molecule has 0 spiro atoms. The lowest BCUT2D eigenvalue weighted by Crippen LogP contribution is -2.62. The predicted octanol–water partition coefficient (Wildman–Crippen LogP) is 14.6. The van der Waals surface area contributed by atoms with Crippen LogP contribution in [-0.2, 0) is 28.1 Å². The average Bonchev–Trinajstić information content (AvgIpc) is 3.26. The first kappa shape index (κ1) is 42.4. The molecule has 1 atom stereocenters. The largest absolute Gasteiger partial charge is 0.311 e. The van der Waals surface area contributed by atoms with Crippen molar-refractivity contribution in [2.24, 2.45) is 0 Å². The third-order valence-corrected chi connectivity index (χ3v) is 15.5. The van der Waals surface area contributed by atoms with E-state index in [9.17, 15) is 0 Å². The van der Waals surface area contributed by atoms with Gasteiger partial charge in [-0.05, 0) is 157 Å². The molecule has 0 saturated carbocycles. The molecule has 2 aliphatic heterocycles. The lowest BCUT2D eigenvalue weighted by Gasteiger charge is -2.47. The molecule has 1 unspecified atom stereocenters. The fourth-order valence-corrected chi connectivity index (χ4v) is 11.5. The van der Waals surface area contributed by atoms with E-state index in [1.165, 1.54) is 119 Å². The quantitative estimate of drug-likeness (QED) is 0.156. The average molecular weight is 836 g/mol. The molecule has 0 saturated heterocycles. The number of benzene rings is 7. The molecule has 0 amide bonds. The molecule has 3 aliphatic rings. The summed E-state index contributed by atoms with van der Waals surface area (Å²) in [4.78, 5) is 2.71. The van der Waals surface area contributed by atoms with Crippen LogP contribution >= 0.6 is 0 Å². The summed E-state index contributed by atoms with van der Waals surface area (Å²) in [6, 6.07) is 54.5. The summed E-state index contributed by atoms with van der Waals surface area (Å²) in [5, 5.41) is 0. The first-order valence-corrected chi connectivity index (χ1v) is 23.9. The first-order valence-electron chi connectivity index (χ1n) is 23.9. The topological polar surface area (TPSA) is 3.24 Å². The molecule has 10 rings (SSSR count). The third-order valence-electron chi connectivity index (χ3n) is 15.5. The van der Waals surface area contributed by atoms with Gasteiger partial charge in [0.25, 0.3) is 0 Å². The minimum absolute atomic E-state index is 0.00290. The van der Waals surface area contributed by atoms with Crippen LogP contribution in [0.1, 0.15) is 138 Å². The molecule has 322 valence electrons. The highest BCUT2D eigenvalue weighted by atomic mass is 15.2. The van der Waals surface area contributed by atoms with Gasteiger partial charge in [0.2, 0.25) is 6.71 Å². The van der Waals surface area contributed by atoms with E-state index >= 15 is 0 Å². The van der Waals surface area contributed by atoms with Crippen molar-refractivity contribution >= 4 is 40.2 Å². The van der Waals surface area contributed by atoms with Gasteiger partial charge >= 0.3 is 0 Å². The number of aryl methyl sites for hydroxylation is 2. The standard InChI is InChI=1S/C62H66BN/c1-39-31-50-48(34-44-33-43(24-23-40(44)2)41-19-15-13-16-20-41)49-36-45(59(3,4)5)25-27-53(49)63-54-37-51-52(62(11,12)30-29-61(51,9)10)38-56(54)64(57(32-39)58(50)63)55-28-26-46(60(6,7)8)35-47(55)42-21-17-14-18-22-42/h13-28,31-33,35-38,48H,29-30,34H2,1-12H3. The highest BCUT2D eigenvalue weighted by molar-refractivity contribution is 6.99. The zero-order valence-electron chi connectivity index (χ0n) is 40.5. The van der Waals surface area contributed by atoms with Gasteiger partial charge in [-0.2, -0.15) is 0 Å². The van der Waals surface area contributed by atoms with Crippen LogP contribution < -0.4 is 21.3 Å². The molecule has 2 heterocycles. The number of rotatable bonds is 5. The van der Waals surface area contributed by atoms with Crippen molar-refractivity contribution in [2.45, 2.75) is 130 Å². The van der Waals surface area contributed by atoms with E-state index in [-0.39, 0.29) is 34.3 Å². The second-order valence-electron chi connectivity index (χ2n) is 23.0. The Morgan fingerprint density at radius 1 is 0.531 bits per heavy atom. The normalized spacial score (nSPS) is 17.0. The van der Waals surface area contributed by atoms with Gasteiger partial charge in [-0.25, -0.2) is 0 Å². The fraction of sp³-hybridized carbons (Fsp3) is 0.323. The van der Waals surface area contributed by atoms with Crippen LogP contribution in [0.5, 0.6) is 0 Å². The molecule has 7 aromatic carbocycles. The van der Waals surface area contributed by atoms with E-state index in [0.717, 1.165) is 6.42 Å². The SMILES string of the molecule is Cc1cc2c3c(c1)N(c1ccc(C(C)(C)C)cc1-c1ccccc1)c1cc4c(cc1B3c1ccc(C(C)(C)C)cc1C2Cc1cc(-c2ccccc2)ccc1C)C(C)(C)CCC4(C)C. The van der Waals surface area contributed by atoms with E-state index in [0.29, 0.717) is 0 Å². The summed E-state index contributed by atoms with van der Waals surface area (Å²) in [7, 11) is 0. The van der Waals surface area contributed by atoms with Gasteiger partial charge in [-0.15, -0.1) is 0 Å². The molecule has 0 radical (unpaired) electrons. The minimum Gasteiger partial charge on any atom is -0.311 e. The van der Waals surface area contributed by atoms with Crippen LogP contribution in [0.15, 0.2) is 140 Å². The molecule has 64 heavy (non-hydrogen) atoms. The van der Waals surface area contributed by atoms with Crippen molar-refractivity contribution in [1.82, 2.24) is 0 Å². The second-order valence-corrected chi connectivity index (χ2v) is 23.0. The van der Waals surface area contributed by atoms with Crippen molar-refractivity contribution in [3.8, 4) is 22.3 Å². The summed E-state index contributed by atoms with van der Waals surface area (Å²) >= 11 is 0. The van der Waals surface area contributed by atoms with Crippen molar-refractivity contribution in [1.29, 1.82) is 0 Å². The molecule has 0 bridgehead atoms. The van der Waals surface area contributed by atoms with Crippen LogP contribution in [0.25, 0.3) is 22.3 Å². The highest BCUT2D eigenvalue weighted by Gasteiger charge is 2.47. The second kappa shape index (κ2) is 15.0. The van der Waals surface area contributed by atoms with Gasteiger partial charge in [0, 0.05) is 22.9 Å². The Morgan fingerprint density at radius 2 is 1.14 bits per heavy atom. The summed E-state index contributed by atoms with van der Waals surface area (Å²) in [6.45, 7) is 28.8. The van der Waals surface area contributed by atoms with Crippen LogP contribution in [0.3, 0.4) is 0 Å². The molecule has 1 nitrogen and oxygen atoms in total. The molecule has 1 aliphatic carbocycles. The highest BCUT2D eigenvalue weighted by Crippen LogP contribution is 2.51. The number of hydrogen-bond donors (Lipinski definition) is 0. The van der Waals surface area contributed by atoms with Gasteiger partial charge in [0.1, 0.15) is 0 Å². The number of hydrogen-bond acceptors (Lipinski definition) is 1. The summed E-state index contributed by atoms with van der Waals surface area (Å²) in [5.74, 6) is 0.181. The van der Waals surface area contributed by atoms with E-state index in [1.807, 2.05) is 0 Å². The molecule has 0 aromatic heterocycles. The third kappa shape index (κ3) is 7.08. The van der Waals surface area contributed by atoms with Crippen LogP contribution in [0.4, 0.5) is 17.1 Å². The molecule has 2 heteroatoms. The number of nitrogens with zero attached hydrogens (tertiary/aromatic N) is 1. The smallest absolute Gasteiger partial charge is 0.247 e. The molecule has 0 N–H and O–H groups in total. The van der Waals surface area contributed by atoms with E-state index in [4.69, 9.17) is 0 Å². The Kier molecular flexibility index (Phi) is 9.92. The lowest BCUT2D eigenvalue weighted by molar-refractivity contribution is 0.332. The van der Waals surface area contributed by atoms with Gasteiger partial charge < -0.3 is 4.90 Å². The Morgan fingerprint density at radius 3 is 1.80 bits per heavy atom. The minimum atomic E-state index is 0.00290. The van der Waals surface area contributed by atoms with Crippen molar-refractivity contribution in [2.75, 3.05) is 4.90 Å². The maximum absolute atomic E-state index is 2.71. The van der Waals surface area contributed by atoms with Gasteiger partial charge in [0.15, 0.2) is 0 Å². The molecular weight excluding hydrogens is 770 g/mol. The Hall–Kier alpha value is -5.60. The monoisotopic (exact) mass is 836 g/mol. The molecule has 7 aromatic rings. The van der Waals surface area contributed by atoms with Crippen molar-refractivity contribution in [3.63, 3.8) is 0 Å². The zero-order valence-corrected chi connectivity index (χ0v) is 40.5. The van der Waals surface area contributed by atoms with E-state index in [2.05, 4.69) is 228 Å². The number of anilines is 3.